The standard InChI is InChI=1S/C31H34N4O7/c1-30(15-40-16-30)34-27(36)19-9-10-21-24(11-19)42-26-25(21)41-17-31(2,35(28(26)37)14-18-7-8-18)29(38)33-13-22-20(12-32)5-4-6-23(22)39-3/h4-6,9-11,18,27,34,36H,7-8,13-17H2,1-3H3,(H,33,38). The third-order valence-corrected chi connectivity index (χ3v) is 8.37. The normalized spacial score (nSPS) is 21.9. The number of rotatable bonds is 9. The van der Waals surface area contributed by atoms with Crippen molar-refractivity contribution in [2.24, 2.45) is 5.92 Å². The Morgan fingerprint density at radius 1 is 1.24 bits per heavy atom. The largest absolute Gasteiger partial charge is 0.496 e. The van der Waals surface area contributed by atoms with Crippen LogP contribution in [0.5, 0.6) is 11.5 Å². The number of hydrogen-bond acceptors (Lipinski definition) is 9. The minimum atomic E-state index is -1.34. The van der Waals surface area contributed by atoms with Crippen LogP contribution in [-0.4, -0.2) is 66.4 Å². The van der Waals surface area contributed by atoms with Gasteiger partial charge in [0.1, 0.15) is 24.2 Å². The number of fused-ring (bicyclic) bond motifs is 3. The molecule has 11 nitrogen and oxygen atoms in total. The minimum absolute atomic E-state index is 0.0256. The SMILES string of the molecule is COc1cccc(C#N)c1CNC(=O)C1(C)COc2c(oc3cc(C(O)NC4(C)COC4)ccc23)C(=O)N1CC1CC1. The molecule has 2 aromatic carbocycles. The van der Waals surface area contributed by atoms with E-state index >= 15 is 0 Å². The van der Waals surface area contributed by atoms with Crippen molar-refractivity contribution in [1.29, 1.82) is 5.26 Å². The average Bonchev–Trinajstić information content (AvgIpc) is 3.74. The Morgan fingerprint density at radius 2 is 2.02 bits per heavy atom. The molecule has 2 aliphatic heterocycles. The molecule has 1 saturated carbocycles. The summed E-state index contributed by atoms with van der Waals surface area (Å²) in [7, 11) is 1.51. The number of nitrogens with one attached hydrogen (secondary N) is 2. The topological polar surface area (TPSA) is 146 Å². The Kier molecular flexibility index (Phi) is 7.09. The van der Waals surface area contributed by atoms with Crippen LogP contribution in [0.25, 0.3) is 11.0 Å². The summed E-state index contributed by atoms with van der Waals surface area (Å²) in [5.74, 6) is 0.234. The highest BCUT2D eigenvalue weighted by molar-refractivity contribution is 6.04. The molecule has 3 N–H and O–H groups in total. The molecule has 42 heavy (non-hydrogen) atoms. The number of carbonyl (C=O) groups is 2. The summed E-state index contributed by atoms with van der Waals surface area (Å²) in [6.45, 7) is 5.00. The Bertz CT molecular complexity index is 1590. The molecule has 3 aromatic rings. The van der Waals surface area contributed by atoms with Crippen LogP contribution >= 0.6 is 0 Å². The highest BCUT2D eigenvalue weighted by Gasteiger charge is 2.49. The fourth-order valence-electron chi connectivity index (χ4n) is 5.52. The van der Waals surface area contributed by atoms with Gasteiger partial charge in [-0.2, -0.15) is 5.26 Å². The van der Waals surface area contributed by atoms with Crippen molar-refractivity contribution in [2.75, 3.05) is 33.5 Å². The van der Waals surface area contributed by atoms with Crippen LogP contribution in [0.4, 0.5) is 0 Å². The lowest BCUT2D eigenvalue weighted by Crippen LogP contribution is -2.61. The number of nitriles is 1. The first-order valence-corrected chi connectivity index (χ1v) is 14.0. The first-order valence-electron chi connectivity index (χ1n) is 14.0. The van der Waals surface area contributed by atoms with E-state index in [4.69, 9.17) is 18.6 Å². The minimum Gasteiger partial charge on any atom is -0.496 e. The number of carbonyl (C=O) groups excluding carboxylic acids is 2. The second-order valence-electron chi connectivity index (χ2n) is 11.8. The number of furan rings is 1. The number of nitrogens with zero attached hydrogens (tertiary/aromatic N) is 2. The maximum atomic E-state index is 14.1. The molecule has 0 spiro atoms. The lowest BCUT2D eigenvalue weighted by molar-refractivity contribution is -0.133. The van der Waals surface area contributed by atoms with Crippen LogP contribution in [0.15, 0.2) is 40.8 Å². The second kappa shape index (κ2) is 10.6. The molecule has 2 atom stereocenters. The smallest absolute Gasteiger partial charge is 0.294 e. The van der Waals surface area contributed by atoms with Gasteiger partial charge in [-0.1, -0.05) is 12.1 Å². The molecule has 2 unspecified atom stereocenters. The number of hydrogen-bond donors (Lipinski definition) is 3. The zero-order valence-electron chi connectivity index (χ0n) is 23.9. The van der Waals surface area contributed by atoms with Gasteiger partial charge in [0.05, 0.1) is 42.9 Å². The summed E-state index contributed by atoms with van der Waals surface area (Å²) >= 11 is 0. The van der Waals surface area contributed by atoms with Gasteiger partial charge in [-0.3, -0.25) is 14.9 Å². The van der Waals surface area contributed by atoms with Gasteiger partial charge in [-0.25, -0.2) is 0 Å². The van der Waals surface area contributed by atoms with Crippen molar-refractivity contribution in [3.8, 4) is 17.6 Å². The van der Waals surface area contributed by atoms with Crippen LogP contribution in [0, 0.1) is 17.2 Å². The van der Waals surface area contributed by atoms with E-state index < -0.39 is 23.6 Å². The van der Waals surface area contributed by atoms with Crippen molar-refractivity contribution in [3.05, 3.63) is 58.8 Å². The van der Waals surface area contributed by atoms with Crippen molar-refractivity contribution in [3.63, 3.8) is 0 Å². The average molecular weight is 575 g/mol. The predicted molar refractivity (Wildman–Crippen MR) is 151 cm³/mol. The van der Waals surface area contributed by atoms with Crippen molar-refractivity contribution in [1.82, 2.24) is 15.5 Å². The summed E-state index contributed by atoms with van der Waals surface area (Å²) in [6.07, 6.45) is 0.994. The second-order valence-corrected chi connectivity index (χ2v) is 11.8. The van der Waals surface area contributed by atoms with Gasteiger partial charge >= 0.3 is 0 Å². The molecule has 1 aromatic heterocycles. The highest BCUT2D eigenvalue weighted by Crippen LogP contribution is 2.41. The molecule has 220 valence electrons. The fourth-order valence-corrected chi connectivity index (χ4v) is 5.52. The summed E-state index contributed by atoms with van der Waals surface area (Å²) < 4.78 is 22.9. The van der Waals surface area contributed by atoms with E-state index in [1.165, 1.54) is 7.11 Å². The van der Waals surface area contributed by atoms with Gasteiger partial charge in [-0.05, 0) is 62.4 Å². The Hall–Kier alpha value is -4.11. The van der Waals surface area contributed by atoms with E-state index in [0.717, 1.165) is 12.8 Å². The molecule has 1 aliphatic carbocycles. The zero-order valence-corrected chi connectivity index (χ0v) is 23.9. The number of methoxy groups -OCH3 is 1. The molecule has 2 amide bonds. The highest BCUT2D eigenvalue weighted by atomic mass is 16.5. The lowest BCUT2D eigenvalue weighted by Gasteiger charge is -2.40. The van der Waals surface area contributed by atoms with E-state index in [2.05, 4.69) is 16.7 Å². The van der Waals surface area contributed by atoms with Crippen LogP contribution < -0.4 is 20.1 Å². The molecular weight excluding hydrogens is 540 g/mol. The van der Waals surface area contributed by atoms with E-state index in [1.54, 1.807) is 48.2 Å². The van der Waals surface area contributed by atoms with Gasteiger partial charge in [0.15, 0.2) is 11.3 Å². The van der Waals surface area contributed by atoms with Crippen molar-refractivity contribution in [2.45, 2.75) is 50.5 Å². The van der Waals surface area contributed by atoms with E-state index in [9.17, 15) is 20.0 Å². The summed E-state index contributed by atoms with van der Waals surface area (Å²) in [5, 5.41) is 27.0. The Labute approximate surface area is 243 Å². The Morgan fingerprint density at radius 3 is 2.69 bits per heavy atom. The number of aliphatic hydroxyl groups is 1. The predicted octanol–water partition coefficient (Wildman–Crippen LogP) is 3.00. The maximum Gasteiger partial charge on any atom is 0.294 e. The van der Waals surface area contributed by atoms with Crippen molar-refractivity contribution < 1.29 is 33.3 Å². The third-order valence-electron chi connectivity index (χ3n) is 8.37. The van der Waals surface area contributed by atoms with Gasteiger partial charge in [0.2, 0.25) is 11.7 Å². The van der Waals surface area contributed by atoms with Gasteiger partial charge in [0, 0.05) is 18.7 Å². The quantitative estimate of drug-likeness (QED) is 0.328. The van der Waals surface area contributed by atoms with Crippen molar-refractivity contribution >= 4 is 22.8 Å². The molecule has 2 fully saturated rings. The monoisotopic (exact) mass is 574 g/mol. The van der Waals surface area contributed by atoms with Crippen LogP contribution in [-0.2, 0) is 16.1 Å². The third kappa shape index (κ3) is 4.96. The number of benzene rings is 2. The van der Waals surface area contributed by atoms with Gasteiger partial charge in [0.25, 0.3) is 5.91 Å². The molecule has 6 rings (SSSR count). The van der Waals surface area contributed by atoms with Crippen LogP contribution in [0.1, 0.15) is 60.2 Å². The summed E-state index contributed by atoms with van der Waals surface area (Å²) in [5.41, 5.74) is 0.272. The first-order chi connectivity index (χ1) is 20.2. The van der Waals surface area contributed by atoms with Crippen LogP contribution in [0.2, 0.25) is 0 Å². The molecule has 1 saturated heterocycles. The first kappa shape index (κ1) is 28.0. The Balaban J connectivity index is 1.28. The zero-order chi connectivity index (χ0) is 29.6. The van der Waals surface area contributed by atoms with E-state index in [-0.39, 0.29) is 36.1 Å². The molecule has 0 bridgehead atoms. The van der Waals surface area contributed by atoms with Crippen LogP contribution in [0.3, 0.4) is 0 Å². The fraction of sp³-hybridized carbons (Fsp3) is 0.452. The maximum absolute atomic E-state index is 14.1. The summed E-state index contributed by atoms with van der Waals surface area (Å²) in [6, 6.07) is 12.4. The number of amides is 2. The summed E-state index contributed by atoms with van der Waals surface area (Å²) in [4.78, 5) is 29.4. The molecular formula is C31H34N4O7. The molecule has 11 heteroatoms. The van der Waals surface area contributed by atoms with E-state index in [0.29, 0.717) is 53.2 Å². The van der Waals surface area contributed by atoms with E-state index in [1.807, 2.05) is 6.92 Å². The van der Waals surface area contributed by atoms with Gasteiger partial charge in [-0.15, -0.1) is 0 Å². The molecule has 3 heterocycles. The number of ether oxygens (including phenoxy) is 3. The molecule has 0 radical (unpaired) electrons. The number of aliphatic hydroxyl groups excluding tert-OH is 1. The molecule has 3 aliphatic rings. The lowest BCUT2D eigenvalue weighted by atomic mass is 9.98. The van der Waals surface area contributed by atoms with Gasteiger partial charge < -0.3 is 34.0 Å².